The van der Waals surface area contributed by atoms with Crippen LogP contribution in [0.25, 0.3) is 0 Å². The fourth-order valence-electron chi connectivity index (χ4n) is 1.59. The molecule has 0 bridgehead atoms. The number of carbonyl (C=O) groups is 1. The molecule has 0 aliphatic heterocycles. The topological polar surface area (TPSA) is 98.0 Å². The summed E-state index contributed by atoms with van der Waals surface area (Å²) in [6.07, 6.45) is -0.190. The highest BCUT2D eigenvalue weighted by molar-refractivity contribution is 5.70. The molecule has 5 nitrogen and oxygen atoms in total. The van der Waals surface area contributed by atoms with Crippen LogP contribution in [0.4, 0.5) is 0 Å². The van der Waals surface area contributed by atoms with Crippen LogP contribution >= 0.6 is 0 Å². The monoisotopic (exact) mass is 226 g/mol. The van der Waals surface area contributed by atoms with Crippen molar-refractivity contribution in [2.45, 2.75) is 25.7 Å². The Morgan fingerprint density at radius 2 is 1.75 bits per heavy atom. The van der Waals surface area contributed by atoms with Gasteiger partial charge in [0.1, 0.15) is 0 Å². The first-order valence-corrected chi connectivity index (χ1v) is 4.72. The number of aromatic hydroxyl groups is 3. The van der Waals surface area contributed by atoms with Gasteiger partial charge in [-0.2, -0.15) is 0 Å². The van der Waals surface area contributed by atoms with Crippen LogP contribution in [0.5, 0.6) is 17.2 Å². The number of hydrogen-bond donors (Lipinski definition) is 4. The second-order valence-corrected chi connectivity index (χ2v) is 4.28. The van der Waals surface area contributed by atoms with Gasteiger partial charge in [0.2, 0.25) is 5.75 Å². The van der Waals surface area contributed by atoms with Crippen molar-refractivity contribution in [2.24, 2.45) is 0 Å². The van der Waals surface area contributed by atoms with Crippen LogP contribution in [-0.2, 0) is 10.2 Å². The van der Waals surface area contributed by atoms with E-state index in [0.29, 0.717) is 0 Å². The first-order valence-electron chi connectivity index (χ1n) is 4.72. The number of phenolic OH excluding ortho intramolecular Hbond substituents is 3. The fourth-order valence-corrected chi connectivity index (χ4v) is 1.59. The Morgan fingerprint density at radius 3 is 2.25 bits per heavy atom. The number of phenols is 3. The molecular formula is C11H14O5. The summed E-state index contributed by atoms with van der Waals surface area (Å²) in [5, 5.41) is 36.8. The lowest BCUT2D eigenvalue weighted by molar-refractivity contribution is -0.138. The lowest BCUT2D eigenvalue weighted by atomic mass is 9.81. The molecule has 0 spiro atoms. The fraction of sp³-hybridized carbons (Fsp3) is 0.364. The molecule has 0 aliphatic rings. The summed E-state index contributed by atoms with van der Waals surface area (Å²) < 4.78 is 0. The maximum Gasteiger partial charge on any atom is 0.304 e. The molecule has 0 amide bonds. The van der Waals surface area contributed by atoms with E-state index >= 15 is 0 Å². The Balaban J connectivity index is 3.23. The molecule has 0 saturated heterocycles. The molecule has 0 saturated carbocycles. The summed E-state index contributed by atoms with van der Waals surface area (Å²) in [5.74, 6) is -2.55. The van der Waals surface area contributed by atoms with Gasteiger partial charge in [-0.05, 0) is 6.07 Å². The van der Waals surface area contributed by atoms with Gasteiger partial charge in [-0.3, -0.25) is 4.79 Å². The van der Waals surface area contributed by atoms with Crippen LogP contribution in [0, 0.1) is 0 Å². The van der Waals surface area contributed by atoms with Gasteiger partial charge in [0, 0.05) is 11.0 Å². The Morgan fingerprint density at radius 1 is 1.19 bits per heavy atom. The Bertz CT molecular complexity index is 423. The molecule has 0 radical (unpaired) electrons. The number of carboxylic acids is 1. The highest BCUT2D eigenvalue weighted by atomic mass is 16.4. The predicted octanol–water partition coefficient (Wildman–Crippen LogP) is 1.56. The van der Waals surface area contributed by atoms with Crippen LogP contribution in [-0.4, -0.2) is 26.4 Å². The summed E-state index contributed by atoms with van der Waals surface area (Å²) >= 11 is 0. The van der Waals surface area contributed by atoms with Crippen molar-refractivity contribution in [2.75, 3.05) is 0 Å². The molecule has 0 aliphatic carbocycles. The van der Waals surface area contributed by atoms with Gasteiger partial charge in [-0.25, -0.2) is 0 Å². The SMILES string of the molecule is CC(C)(CC(=O)O)c1ccc(O)c(O)c1O. The van der Waals surface area contributed by atoms with Crippen molar-refractivity contribution in [3.8, 4) is 17.2 Å². The number of rotatable bonds is 3. The maximum absolute atomic E-state index is 10.7. The van der Waals surface area contributed by atoms with Crippen LogP contribution in [0.3, 0.4) is 0 Å². The van der Waals surface area contributed by atoms with Crippen LogP contribution in [0.1, 0.15) is 25.8 Å². The minimum absolute atomic E-state index is 0.190. The molecular weight excluding hydrogens is 212 g/mol. The van der Waals surface area contributed by atoms with E-state index in [1.165, 1.54) is 12.1 Å². The second-order valence-electron chi connectivity index (χ2n) is 4.28. The van der Waals surface area contributed by atoms with Crippen LogP contribution in [0.15, 0.2) is 12.1 Å². The standard InChI is InChI=1S/C11H14O5/c1-11(2,5-8(13)14)6-3-4-7(12)10(16)9(6)15/h3-4,12,15-16H,5H2,1-2H3,(H,13,14). The summed E-state index contributed by atoms with van der Waals surface area (Å²) in [4.78, 5) is 10.7. The highest BCUT2D eigenvalue weighted by Crippen LogP contribution is 2.43. The zero-order chi connectivity index (χ0) is 12.5. The van der Waals surface area contributed by atoms with Crippen molar-refractivity contribution in [1.82, 2.24) is 0 Å². The van der Waals surface area contributed by atoms with E-state index in [1.54, 1.807) is 13.8 Å². The van der Waals surface area contributed by atoms with Gasteiger partial charge in [-0.15, -0.1) is 0 Å². The maximum atomic E-state index is 10.7. The number of carboxylic acid groups (broad SMARTS) is 1. The molecule has 0 atom stereocenters. The molecule has 5 heteroatoms. The quantitative estimate of drug-likeness (QED) is 0.586. The molecule has 1 aromatic rings. The number of hydrogen-bond acceptors (Lipinski definition) is 4. The molecule has 4 N–H and O–H groups in total. The zero-order valence-electron chi connectivity index (χ0n) is 9.06. The molecule has 0 aromatic heterocycles. The van der Waals surface area contributed by atoms with Crippen molar-refractivity contribution in [3.05, 3.63) is 17.7 Å². The average molecular weight is 226 g/mol. The molecule has 1 rings (SSSR count). The molecule has 1 aromatic carbocycles. The number of aliphatic carboxylic acids is 1. The predicted molar refractivity (Wildman–Crippen MR) is 56.7 cm³/mol. The molecule has 0 heterocycles. The van der Waals surface area contributed by atoms with Crippen molar-refractivity contribution in [3.63, 3.8) is 0 Å². The van der Waals surface area contributed by atoms with E-state index in [4.69, 9.17) is 10.2 Å². The van der Waals surface area contributed by atoms with Crippen molar-refractivity contribution in [1.29, 1.82) is 0 Å². The average Bonchev–Trinajstić information content (AvgIpc) is 2.11. The lowest BCUT2D eigenvalue weighted by Gasteiger charge is -2.24. The smallest absolute Gasteiger partial charge is 0.304 e. The van der Waals surface area contributed by atoms with Gasteiger partial charge in [0.05, 0.1) is 6.42 Å². The van der Waals surface area contributed by atoms with E-state index in [0.717, 1.165) is 0 Å². The van der Waals surface area contributed by atoms with Gasteiger partial charge < -0.3 is 20.4 Å². The second kappa shape index (κ2) is 3.92. The molecule has 16 heavy (non-hydrogen) atoms. The summed E-state index contributed by atoms with van der Waals surface area (Å²) in [7, 11) is 0. The van der Waals surface area contributed by atoms with Gasteiger partial charge in [0.15, 0.2) is 11.5 Å². The van der Waals surface area contributed by atoms with E-state index in [-0.39, 0.29) is 12.0 Å². The number of benzene rings is 1. The Hall–Kier alpha value is -1.91. The third kappa shape index (κ3) is 2.18. The van der Waals surface area contributed by atoms with Crippen molar-refractivity contribution >= 4 is 5.97 Å². The van der Waals surface area contributed by atoms with E-state index in [1.807, 2.05) is 0 Å². The Labute approximate surface area is 92.6 Å². The van der Waals surface area contributed by atoms with Gasteiger partial charge in [0.25, 0.3) is 0 Å². The summed E-state index contributed by atoms with van der Waals surface area (Å²) in [5.41, 5.74) is -0.550. The van der Waals surface area contributed by atoms with E-state index in [2.05, 4.69) is 0 Å². The molecule has 0 fully saturated rings. The van der Waals surface area contributed by atoms with Gasteiger partial charge >= 0.3 is 5.97 Å². The first kappa shape index (κ1) is 12.2. The lowest BCUT2D eigenvalue weighted by Crippen LogP contribution is -2.21. The summed E-state index contributed by atoms with van der Waals surface area (Å²) in [6.45, 7) is 3.26. The van der Waals surface area contributed by atoms with Crippen LogP contribution in [0.2, 0.25) is 0 Å². The normalized spacial score (nSPS) is 11.4. The van der Waals surface area contributed by atoms with Crippen LogP contribution < -0.4 is 0 Å². The van der Waals surface area contributed by atoms with Gasteiger partial charge in [-0.1, -0.05) is 19.9 Å². The first-order chi connectivity index (χ1) is 7.25. The third-order valence-electron chi connectivity index (χ3n) is 2.45. The van der Waals surface area contributed by atoms with Crippen molar-refractivity contribution < 1.29 is 25.2 Å². The summed E-state index contributed by atoms with van der Waals surface area (Å²) in [6, 6.07) is 2.61. The molecule has 0 unspecified atom stereocenters. The van der Waals surface area contributed by atoms with E-state index in [9.17, 15) is 15.0 Å². The molecule has 88 valence electrons. The minimum atomic E-state index is -1.00. The largest absolute Gasteiger partial charge is 0.504 e. The minimum Gasteiger partial charge on any atom is -0.504 e. The Kier molecular flexibility index (Phi) is 2.98. The zero-order valence-corrected chi connectivity index (χ0v) is 9.06. The highest BCUT2D eigenvalue weighted by Gasteiger charge is 2.28. The van der Waals surface area contributed by atoms with E-state index < -0.39 is 28.6 Å². The third-order valence-corrected chi connectivity index (χ3v) is 2.45.